The van der Waals surface area contributed by atoms with E-state index >= 15 is 0 Å². The van der Waals surface area contributed by atoms with Crippen LogP contribution < -0.4 is 4.72 Å². The van der Waals surface area contributed by atoms with Crippen LogP contribution in [0.2, 0.25) is 0 Å². The van der Waals surface area contributed by atoms with Gasteiger partial charge in [0.2, 0.25) is 0 Å². The summed E-state index contributed by atoms with van der Waals surface area (Å²) in [4.78, 5) is 20.1. The lowest BCUT2D eigenvalue weighted by Crippen LogP contribution is -2.44. The molecule has 0 aliphatic heterocycles. The predicted molar refractivity (Wildman–Crippen MR) is 154 cm³/mol. The minimum atomic E-state index is -0.544. The molecule has 1 amide bonds. The van der Waals surface area contributed by atoms with Crippen molar-refractivity contribution in [3.8, 4) is 11.1 Å². The summed E-state index contributed by atoms with van der Waals surface area (Å²) in [5.74, 6) is 0. The van der Waals surface area contributed by atoms with Crippen molar-refractivity contribution >= 4 is 28.8 Å². The summed E-state index contributed by atoms with van der Waals surface area (Å²) in [6.07, 6.45) is 4.15. The van der Waals surface area contributed by atoms with E-state index in [1.54, 1.807) is 23.0 Å². The normalized spacial score (nSPS) is 12.3. The first kappa shape index (κ1) is 26.7. The molecule has 6 heteroatoms. The van der Waals surface area contributed by atoms with Gasteiger partial charge in [0.05, 0.1) is 0 Å². The van der Waals surface area contributed by atoms with Crippen LogP contribution in [0, 0.1) is 0 Å². The van der Waals surface area contributed by atoms with Gasteiger partial charge in [0.15, 0.2) is 0 Å². The highest BCUT2D eigenvalue weighted by Gasteiger charge is 2.23. The molecule has 1 N–H and O–H groups in total. The van der Waals surface area contributed by atoms with Gasteiger partial charge in [-0.1, -0.05) is 60.7 Å². The van der Waals surface area contributed by atoms with Crippen LogP contribution in [0.4, 0.5) is 4.79 Å². The Hall–Kier alpha value is -3.35. The number of carbonyl (C=O) groups is 1. The van der Waals surface area contributed by atoms with Gasteiger partial charge in [-0.15, -0.1) is 0 Å². The van der Waals surface area contributed by atoms with E-state index < -0.39 is 5.60 Å². The zero-order chi connectivity index (χ0) is 26.3. The van der Waals surface area contributed by atoms with Crippen molar-refractivity contribution in [3.05, 3.63) is 96.8 Å². The van der Waals surface area contributed by atoms with Crippen LogP contribution in [0.5, 0.6) is 0 Å². The Morgan fingerprint density at radius 3 is 2.43 bits per heavy atom. The number of fused-ring (bicyclic) bond motifs is 1. The summed E-state index contributed by atoms with van der Waals surface area (Å²) in [7, 11) is 0. The highest BCUT2D eigenvalue weighted by Crippen LogP contribution is 2.22. The van der Waals surface area contributed by atoms with Crippen molar-refractivity contribution in [1.29, 1.82) is 0 Å². The molecule has 0 aliphatic carbocycles. The quantitative estimate of drug-likeness (QED) is 0.237. The maximum atomic E-state index is 13.0. The summed E-state index contributed by atoms with van der Waals surface area (Å²) in [5.41, 5.74) is 3.03. The summed E-state index contributed by atoms with van der Waals surface area (Å²) >= 11 is 1.57. The fourth-order valence-corrected chi connectivity index (χ4v) is 4.74. The van der Waals surface area contributed by atoms with Crippen molar-refractivity contribution < 1.29 is 9.53 Å². The second kappa shape index (κ2) is 12.3. The molecule has 4 aromatic rings. The van der Waals surface area contributed by atoms with Crippen LogP contribution in [0.1, 0.15) is 33.3 Å². The number of nitrogens with zero attached hydrogens (tertiary/aromatic N) is 2. The second-order valence-corrected chi connectivity index (χ2v) is 11.2. The van der Waals surface area contributed by atoms with E-state index in [-0.39, 0.29) is 12.1 Å². The molecule has 0 bridgehead atoms. The molecule has 0 saturated heterocycles. The maximum absolute atomic E-state index is 13.0. The number of nitrogens with one attached hydrogen (secondary N) is 1. The van der Waals surface area contributed by atoms with Crippen LogP contribution in [-0.4, -0.2) is 40.7 Å². The van der Waals surface area contributed by atoms with E-state index in [0.29, 0.717) is 13.1 Å². The number of carbonyl (C=O) groups excluding carboxylic acids is 1. The Balaban J connectivity index is 1.37. The Labute approximate surface area is 224 Å². The zero-order valence-electron chi connectivity index (χ0n) is 22.0. The molecule has 0 unspecified atom stereocenters. The molecule has 3 aromatic carbocycles. The largest absolute Gasteiger partial charge is 0.444 e. The predicted octanol–water partition coefficient (Wildman–Crippen LogP) is 7.37. The third kappa shape index (κ3) is 8.07. The highest BCUT2D eigenvalue weighted by atomic mass is 32.2. The number of pyridine rings is 1. The number of rotatable bonds is 9. The number of hydrogen-bond donors (Lipinski definition) is 1. The molecule has 0 saturated carbocycles. The van der Waals surface area contributed by atoms with E-state index in [2.05, 4.69) is 71.2 Å². The molecule has 1 atom stereocenters. The van der Waals surface area contributed by atoms with Crippen LogP contribution in [0.25, 0.3) is 21.9 Å². The summed E-state index contributed by atoms with van der Waals surface area (Å²) in [6.45, 7) is 8.92. The number of hydrogen-bond acceptors (Lipinski definition) is 5. The standard InChI is InChI=1S/C31H35N3O2S/c1-23(33-37-29-15-14-28-21-32-18-16-27(28)20-29)22-34(30(35)36-31(2,3)4)19-17-24-10-12-26(13-11-24)25-8-6-5-7-9-25/h5-16,18,20-21,23,33H,17,19,22H2,1-4H3/t23-/m1/s1. The maximum Gasteiger partial charge on any atom is 0.410 e. The molecular weight excluding hydrogens is 478 g/mol. The molecule has 1 aromatic heterocycles. The van der Waals surface area contributed by atoms with Gasteiger partial charge in [-0.2, -0.15) is 0 Å². The molecule has 0 radical (unpaired) electrons. The Kier molecular flexibility index (Phi) is 8.85. The summed E-state index contributed by atoms with van der Waals surface area (Å²) < 4.78 is 9.21. The SMILES string of the molecule is C[C@H](CN(CCc1ccc(-c2ccccc2)cc1)C(=O)OC(C)(C)C)NSc1ccc2cnccc2c1. The second-order valence-electron chi connectivity index (χ2n) is 10.2. The van der Waals surface area contributed by atoms with Gasteiger partial charge in [0.25, 0.3) is 0 Å². The van der Waals surface area contributed by atoms with Crippen LogP contribution >= 0.6 is 11.9 Å². The third-order valence-corrected chi connectivity index (χ3v) is 6.88. The lowest BCUT2D eigenvalue weighted by atomic mass is 10.0. The summed E-state index contributed by atoms with van der Waals surface area (Å²) in [5, 5.41) is 2.27. The van der Waals surface area contributed by atoms with Gasteiger partial charge in [-0.25, -0.2) is 4.79 Å². The smallest absolute Gasteiger partial charge is 0.410 e. The number of ether oxygens (including phenoxy) is 1. The fourth-order valence-electron chi connectivity index (χ4n) is 4.00. The lowest BCUT2D eigenvalue weighted by molar-refractivity contribution is 0.0241. The van der Waals surface area contributed by atoms with Crippen molar-refractivity contribution in [2.45, 2.75) is 50.7 Å². The fraction of sp³-hybridized carbons (Fsp3) is 0.290. The van der Waals surface area contributed by atoms with E-state index in [9.17, 15) is 4.79 Å². The van der Waals surface area contributed by atoms with Gasteiger partial charge < -0.3 is 9.64 Å². The van der Waals surface area contributed by atoms with Crippen LogP contribution in [0.15, 0.2) is 96.2 Å². The topological polar surface area (TPSA) is 54.5 Å². The first-order chi connectivity index (χ1) is 17.8. The minimum absolute atomic E-state index is 0.0612. The van der Waals surface area contributed by atoms with Crippen molar-refractivity contribution in [2.24, 2.45) is 0 Å². The molecule has 1 heterocycles. The van der Waals surface area contributed by atoms with E-state index in [0.717, 1.165) is 22.1 Å². The van der Waals surface area contributed by atoms with Gasteiger partial charge in [0, 0.05) is 41.8 Å². The van der Waals surface area contributed by atoms with Gasteiger partial charge in [0.1, 0.15) is 5.60 Å². The average molecular weight is 514 g/mol. The Morgan fingerprint density at radius 2 is 1.70 bits per heavy atom. The highest BCUT2D eigenvalue weighted by molar-refractivity contribution is 7.97. The Morgan fingerprint density at radius 1 is 0.973 bits per heavy atom. The van der Waals surface area contributed by atoms with E-state index in [1.165, 1.54) is 16.7 Å². The zero-order valence-corrected chi connectivity index (χ0v) is 22.8. The first-order valence-electron chi connectivity index (χ1n) is 12.7. The molecule has 0 fully saturated rings. The molecule has 0 aliphatic rings. The third-order valence-electron chi connectivity index (χ3n) is 5.87. The van der Waals surface area contributed by atoms with E-state index in [4.69, 9.17) is 4.74 Å². The monoisotopic (exact) mass is 513 g/mol. The molecule has 0 spiro atoms. The average Bonchev–Trinajstić information content (AvgIpc) is 2.89. The van der Waals surface area contributed by atoms with Crippen molar-refractivity contribution in [1.82, 2.24) is 14.6 Å². The molecule has 4 rings (SSSR count). The number of amides is 1. The van der Waals surface area contributed by atoms with Gasteiger partial charge in [-0.3, -0.25) is 9.71 Å². The van der Waals surface area contributed by atoms with Crippen molar-refractivity contribution in [2.75, 3.05) is 13.1 Å². The van der Waals surface area contributed by atoms with Gasteiger partial charge in [-0.05, 0) is 86.3 Å². The summed E-state index contributed by atoms with van der Waals surface area (Å²) in [6, 6.07) is 27.3. The number of benzene rings is 3. The van der Waals surface area contributed by atoms with Gasteiger partial charge >= 0.3 is 6.09 Å². The first-order valence-corrected chi connectivity index (χ1v) is 13.5. The Bertz CT molecular complexity index is 1300. The lowest BCUT2D eigenvalue weighted by Gasteiger charge is -2.29. The van der Waals surface area contributed by atoms with E-state index in [1.807, 2.05) is 51.2 Å². The minimum Gasteiger partial charge on any atom is -0.444 e. The molecule has 5 nitrogen and oxygen atoms in total. The van der Waals surface area contributed by atoms with Crippen molar-refractivity contribution in [3.63, 3.8) is 0 Å². The number of aromatic nitrogens is 1. The molecule has 37 heavy (non-hydrogen) atoms. The van der Waals surface area contributed by atoms with Crippen LogP contribution in [0.3, 0.4) is 0 Å². The molecular formula is C31H35N3O2S. The van der Waals surface area contributed by atoms with Crippen LogP contribution in [-0.2, 0) is 11.2 Å². The molecule has 192 valence electrons.